The van der Waals surface area contributed by atoms with Crippen molar-refractivity contribution in [3.8, 4) is 0 Å². The summed E-state index contributed by atoms with van der Waals surface area (Å²) in [6, 6.07) is 2.04. The fourth-order valence-corrected chi connectivity index (χ4v) is 1.85. The molecule has 1 N–H and O–H groups in total. The van der Waals surface area contributed by atoms with Crippen molar-refractivity contribution in [1.29, 1.82) is 0 Å². The van der Waals surface area contributed by atoms with Gasteiger partial charge in [-0.25, -0.2) is 0 Å². The Bertz CT molecular complexity index is 367. The molecule has 88 valence electrons. The van der Waals surface area contributed by atoms with Gasteiger partial charge < -0.3 is 5.11 Å². The first-order valence-corrected chi connectivity index (χ1v) is 5.46. The van der Waals surface area contributed by atoms with Crippen LogP contribution in [0.1, 0.15) is 43.7 Å². The molecule has 0 saturated heterocycles. The first-order chi connectivity index (χ1) is 7.72. The van der Waals surface area contributed by atoms with Gasteiger partial charge in [-0.05, 0) is 31.7 Å². The molecule has 0 aliphatic carbocycles. The largest absolute Gasteiger partial charge is 0.387 e. The average molecular weight is 224 g/mol. The number of aliphatic hydroxyl groups excluding tert-OH is 1. The third kappa shape index (κ3) is 3.02. The van der Waals surface area contributed by atoms with Crippen molar-refractivity contribution >= 4 is 6.15 Å². The van der Waals surface area contributed by atoms with E-state index in [-0.39, 0.29) is 12.3 Å². The first-order valence-electron chi connectivity index (χ1n) is 5.46. The summed E-state index contributed by atoms with van der Waals surface area (Å²) in [5.74, 6) is 0. The summed E-state index contributed by atoms with van der Waals surface area (Å²) in [5.41, 5.74) is 2.10. The van der Waals surface area contributed by atoms with E-state index in [1.54, 1.807) is 0 Å². The highest BCUT2D eigenvalue weighted by Crippen LogP contribution is 2.24. The Morgan fingerprint density at radius 2 is 2.25 bits per heavy atom. The van der Waals surface area contributed by atoms with E-state index in [1.807, 2.05) is 10.7 Å². The third-order valence-electron chi connectivity index (χ3n) is 2.66. The van der Waals surface area contributed by atoms with Gasteiger partial charge in [0.2, 0.25) is 0 Å². The molecule has 1 atom stereocenters. The van der Waals surface area contributed by atoms with E-state index in [0.29, 0.717) is 0 Å². The van der Waals surface area contributed by atoms with Crippen LogP contribution in [0.4, 0.5) is 0 Å². The van der Waals surface area contributed by atoms with Crippen LogP contribution in [0.3, 0.4) is 0 Å². The molecule has 0 amide bonds. The zero-order valence-electron chi connectivity index (χ0n) is 9.35. The van der Waals surface area contributed by atoms with Crippen molar-refractivity contribution < 1.29 is 14.7 Å². The van der Waals surface area contributed by atoms with Gasteiger partial charge in [-0.15, -0.1) is 0 Å². The van der Waals surface area contributed by atoms with Crippen LogP contribution in [0.15, 0.2) is 6.07 Å². The van der Waals surface area contributed by atoms with Crippen molar-refractivity contribution in [2.75, 3.05) is 0 Å². The second-order valence-electron chi connectivity index (χ2n) is 3.73. The normalized spacial score (nSPS) is 18.8. The summed E-state index contributed by atoms with van der Waals surface area (Å²) in [5, 5.41) is 14.2. The number of hydrogen-bond acceptors (Lipinski definition) is 4. The number of hydrogen-bond donors (Lipinski definition) is 1. The number of nitrogens with zero attached hydrogens (tertiary/aromatic N) is 2. The maximum atomic E-state index is 9.79. The Hall–Kier alpha value is -1.45. The quantitative estimate of drug-likeness (QED) is 0.774. The van der Waals surface area contributed by atoms with Crippen LogP contribution < -0.4 is 0 Å². The fraction of sp³-hybridized carbons (Fsp3) is 0.636. The third-order valence-corrected chi connectivity index (χ3v) is 2.66. The molecule has 1 aliphatic rings. The van der Waals surface area contributed by atoms with E-state index in [1.165, 1.54) is 0 Å². The summed E-state index contributed by atoms with van der Waals surface area (Å²) in [7, 11) is 0. The van der Waals surface area contributed by atoms with E-state index in [0.717, 1.165) is 43.6 Å². The van der Waals surface area contributed by atoms with Crippen LogP contribution in [0.25, 0.3) is 0 Å². The molecule has 16 heavy (non-hydrogen) atoms. The molecule has 1 aromatic rings. The first kappa shape index (κ1) is 12.6. The number of aliphatic hydroxyl groups is 1. The lowest BCUT2D eigenvalue weighted by atomic mass is 10.1. The molecule has 0 saturated carbocycles. The van der Waals surface area contributed by atoms with Crippen molar-refractivity contribution in [3.05, 3.63) is 17.5 Å². The van der Waals surface area contributed by atoms with Crippen molar-refractivity contribution in [3.63, 3.8) is 0 Å². The van der Waals surface area contributed by atoms with Gasteiger partial charge in [0, 0.05) is 6.54 Å². The van der Waals surface area contributed by atoms with E-state index in [4.69, 9.17) is 9.59 Å². The Morgan fingerprint density at radius 3 is 2.88 bits per heavy atom. The Balaban J connectivity index is 0.000000386. The molecule has 2 heterocycles. The molecule has 2 rings (SSSR count). The van der Waals surface area contributed by atoms with Crippen LogP contribution in [-0.2, 0) is 22.6 Å². The van der Waals surface area contributed by atoms with Gasteiger partial charge in [0.15, 0.2) is 0 Å². The van der Waals surface area contributed by atoms with Crippen LogP contribution in [0.2, 0.25) is 0 Å². The maximum absolute atomic E-state index is 9.79. The van der Waals surface area contributed by atoms with E-state index >= 15 is 0 Å². The number of aryl methyl sites for hydroxylation is 2. The molecule has 1 aromatic heterocycles. The summed E-state index contributed by atoms with van der Waals surface area (Å²) in [6.45, 7) is 3.06. The van der Waals surface area contributed by atoms with Crippen LogP contribution >= 0.6 is 0 Å². The lowest BCUT2D eigenvalue weighted by molar-refractivity contribution is -0.191. The van der Waals surface area contributed by atoms with Crippen molar-refractivity contribution in [2.24, 2.45) is 0 Å². The molecular formula is C11H16N2O3. The lowest BCUT2D eigenvalue weighted by Crippen LogP contribution is -2.05. The Morgan fingerprint density at radius 1 is 1.56 bits per heavy atom. The predicted octanol–water partition coefficient (Wildman–Crippen LogP) is 1.08. The molecule has 0 spiro atoms. The van der Waals surface area contributed by atoms with Gasteiger partial charge in [-0.2, -0.15) is 14.7 Å². The summed E-state index contributed by atoms with van der Waals surface area (Å²) in [4.78, 5) is 16.2. The highest BCUT2D eigenvalue weighted by Gasteiger charge is 2.17. The summed E-state index contributed by atoms with van der Waals surface area (Å²) >= 11 is 0. The Labute approximate surface area is 94.1 Å². The smallest absolute Gasteiger partial charge is 0.373 e. The molecule has 1 unspecified atom stereocenters. The average Bonchev–Trinajstić information content (AvgIpc) is 2.61. The monoisotopic (exact) mass is 224 g/mol. The number of rotatable bonds is 1. The molecule has 1 aliphatic heterocycles. The van der Waals surface area contributed by atoms with Gasteiger partial charge in [0.05, 0.1) is 17.5 Å². The van der Waals surface area contributed by atoms with Crippen molar-refractivity contribution in [1.82, 2.24) is 9.78 Å². The second kappa shape index (κ2) is 6.20. The zero-order valence-corrected chi connectivity index (χ0v) is 9.35. The van der Waals surface area contributed by atoms with E-state index < -0.39 is 0 Å². The second-order valence-corrected chi connectivity index (χ2v) is 3.73. The standard InChI is InChI=1S/C10H16N2O.CO2/c1-2-8-7-9-10(13)5-3-4-6-12(9)11-8;2-1-3/h7,10,13H,2-6H2,1H3;. The molecule has 0 bridgehead atoms. The van der Waals surface area contributed by atoms with Gasteiger partial charge in [-0.3, -0.25) is 4.68 Å². The number of aromatic nitrogens is 2. The molecule has 5 nitrogen and oxygen atoms in total. The van der Waals surface area contributed by atoms with Gasteiger partial charge >= 0.3 is 6.15 Å². The SMILES string of the molecule is CCc1cc2n(n1)CCCCC2O.O=C=O. The molecule has 0 aromatic carbocycles. The van der Waals surface area contributed by atoms with Gasteiger partial charge in [0.1, 0.15) is 0 Å². The summed E-state index contributed by atoms with van der Waals surface area (Å²) < 4.78 is 1.97. The minimum atomic E-state index is -0.296. The topological polar surface area (TPSA) is 72.2 Å². The zero-order chi connectivity index (χ0) is 12.0. The molecular weight excluding hydrogens is 208 g/mol. The van der Waals surface area contributed by atoms with Gasteiger partial charge in [0.25, 0.3) is 0 Å². The molecule has 5 heteroatoms. The van der Waals surface area contributed by atoms with Crippen LogP contribution in [0.5, 0.6) is 0 Å². The molecule has 0 radical (unpaired) electrons. The fourth-order valence-electron chi connectivity index (χ4n) is 1.85. The lowest BCUT2D eigenvalue weighted by Gasteiger charge is -2.06. The van der Waals surface area contributed by atoms with Crippen molar-refractivity contribution in [2.45, 2.75) is 45.3 Å². The Kier molecular flexibility index (Phi) is 4.89. The van der Waals surface area contributed by atoms with Crippen LogP contribution in [0, 0.1) is 0 Å². The minimum absolute atomic E-state index is 0.250. The van der Waals surface area contributed by atoms with E-state index in [2.05, 4.69) is 12.0 Å². The highest BCUT2D eigenvalue weighted by atomic mass is 16.3. The maximum Gasteiger partial charge on any atom is 0.373 e. The number of carbonyl (C=O) groups excluding carboxylic acids is 2. The summed E-state index contributed by atoms with van der Waals surface area (Å²) in [6.07, 6.45) is 4.03. The minimum Gasteiger partial charge on any atom is -0.387 e. The molecule has 0 fully saturated rings. The van der Waals surface area contributed by atoms with E-state index in [9.17, 15) is 5.11 Å². The number of fused-ring (bicyclic) bond motifs is 1. The predicted molar refractivity (Wildman–Crippen MR) is 55.4 cm³/mol. The van der Waals surface area contributed by atoms with Crippen LogP contribution in [-0.4, -0.2) is 21.0 Å². The van der Waals surface area contributed by atoms with Gasteiger partial charge in [-0.1, -0.05) is 6.92 Å². The highest BCUT2D eigenvalue weighted by molar-refractivity contribution is 5.20.